The van der Waals surface area contributed by atoms with Crippen LogP contribution in [-0.2, 0) is 30.4 Å². The van der Waals surface area contributed by atoms with E-state index >= 15 is 0 Å². The molecule has 2 N–H and O–H groups in total. The summed E-state index contributed by atoms with van der Waals surface area (Å²) in [5.41, 5.74) is 10.7. The Kier molecular flexibility index (Phi) is 8.90. The summed E-state index contributed by atoms with van der Waals surface area (Å²) in [6, 6.07) is 35.0. The molecule has 0 aliphatic carbocycles. The number of aryl methyl sites for hydroxylation is 4. The second-order valence-corrected chi connectivity index (χ2v) is 11.9. The summed E-state index contributed by atoms with van der Waals surface area (Å²) >= 11 is 0. The Morgan fingerprint density at radius 3 is 1.43 bits per heavy atom. The third-order valence-corrected chi connectivity index (χ3v) is 8.40. The Hall–Kier alpha value is -3.64. The van der Waals surface area contributed by atoms with Crippen molar-refractivity contribution in [3.05, 3.63) is 119 Å². The van der Waals surface area contributed by atoms with E-state index in [1.54, 1.807) is 0 Å². The maximum Gasteiger partial charge on any atom is 0.0988 e. The first kappa shape index (κ1) is 28.5. The first-order valence-electron chi connectivity index (χ1n) is 15.5. The zero-order valence-corrected chi connectivity index (χ0v) is 24.9. The van der Waals surface area contributed by atoms with Crippen molar-refractivity contribution in [3.63, 3.8) is 0 Å². The Labute approximate surface area is 250 Å². The predicted molar refractivity (Wildman–Crippen MR) is 173 cm³/mol. The molecule has 0 saturated carbocycles. The number of hydrogen-bond acceptors (Lipinski definition) is 5. The van der Waals surface area contributed by atoms with E-state index in [1.807, 2.05) is 0 Å². The summed E-state index contributed by atoms with van der Waals surface area (Å²) in [5.74, 6) is 0. The number of ether oxygens (including phenoxy) is 1. The van der Waals surface area contributed by atoms with E-state index in [0.717, 1.165) is 38.8 Å². The van der Waals surface area contributed by atoms with Gasteiger partial charge in [-0.2, -0.15) is 0 Å². The van der Waals surface area contributed by atoms with Crippen molar-refractivity contribution < 1.29 is 9.84 Å². The highest BCUT2D eigenvalue weighted by Gasteiger charge is 2.29. The summed E-state index contributed by atoms with van der Waals surface area (Å²) in [7, 11) is 0. The van der Waals surface area contributed by atoms with Crippen molar-refractivity contribution >= 4 is 22.7 Å². The van der Waals surface area contributed by atoms with Crippen molar-refractivity contribution in [2.24, 2.45) is 0 Å². The van der Waals surface area contributed by atoms with Crippen LogP contribution in [0.25, 0.3) is 0 Å². The average Bonchev–Trinajstić information content (AvgIpc) is 3.87. The molecule has 0 amide bonds. The highest BCUT2D eigenvalue weighted by atomic mass is 16.6. The van der Waals surface area contributed by atoms with Gasteiger partial charge in [0.2, 0.25) is 0 Å². The van der Waals surface area contributed by atoms with Crippen LogP contribution in [0.4, 0.5) is 22.7 Å². The molecule has 0 bridgehead atoms. The van der Waals surface area contributed by atoms with Gasteiger partial charge in [-0.25, -0.2) is 0 Å². The van der Waals surface area contributed by atoms with Crippen molar-refractivity contribution in [3.8, 4) is 0 Å². The normalized spacial score (nSPS) is 17.5. The van der Waals surface area contributed by atoms with E-state index in [1.165, 1.54) is 45.0 Å². The smallest absolute Gasteiger partial charge is 0.0988 e. The fourth-order valence-corrected chi connectivity index (χ4v) is 6.16. The van der Waals surface area contributed by atoms with Gasteiger partial charge in [-0.1, -0.05) is 86.6 Å². The molecule has 3 heterocycles. The molecule has 1 saturated heterocycles. The Morgan fingerprint density at radius 2 is 1.05 bits per heavy atom. The zero-order valence-electron chi connectivity index (χ0n) is 24.9. The molecule has 3 aliphatic heterocycles. The van der Waals surface area contributed by atoms with Gasteiger partial charge in [-0.3, -0.25) is 0 Å². The van der Waals surface area contributed by atoms with Gasteiger partial charge >= 0.3 is 0 Å². The maximum absolute atomic E-state index is 10.5. The average molecular weight is 562 g/mol. The van der Waals surface area contributed by atoms with E-state index in [2.05, 4.69) is 126 Å². The highest BCUT2D eigenvalue weighted by molar-refractivity contribution is 5.72. The van der Waals surface area contributed by atoms with Crippen LogP contribution < -0.4 is 15.1 Å². The molecule has 5 nitrogen and oxygen atoms in total. The molecule has 7 rings (SSSR count). The number of rotatable bonds is 7. The van der Waals surface area contributed by atoms with Gasteiger partial charge in [0.05, 0.1) is 31.9 Å². The lowest BCUT2D eigenvalue weighted by Gasteiger charge is -2.29. The number of nitrogens with one attached hydrogen (secondary N) is 1. The number of hydrogen-bond donors (Lipinski definition) is 2. The summed E-state index contributed by atoms with van der Waals surface area (Å²) in [5, 5.41) is 13.8. The van der Waals surface area contributed by atoms with Crippen molar-refractivity contribution in [1.29, 1.82) is 0 Å². The van der Waals surface area contributed by atoms with Gasteiger partial charge in [-0.05, 0) is 72.2 Å². The van der Waals surface area contributed by atoms with E-state index < -0.39 is 6.10 Å². The lowest BCUT2D eigenvalue weighted by Crippen LogP contribution is -2.39. The van der Waals surface area contributed by atoms with Crippen molar-refractivity contribution in [2.45, 2.75) is 57.8 Å². The number of fused-ring (bicyclic) bond motifs is 4. The second kappa shape index (κ2) is 13.1. The van der Waals surface area contributed by atoms with Crippen LogP contribution in [0.1, 0.15) is 36.1 Å². The monoisotopic (exact) mass is 561 g/mol. The molecule has 0 radical (unpaired) electrons. The molecule has 1 fully saturated rings. The number of nitrogens with zero attached hydrogens (tertiary/aromatic N) is 2. The van der Waals surface area contributed by atoms with Crippen LogP contribution >= 0.6 is 0 Å². The molecular formula is C37H43N3O2. The fourth-order valence-electron chi connectivity index (χ4n) is 6.16. The Balaban J connectivity index is 0.000000153. The molecule has 2 unspecified atom stereocenters. The van der Waals surface area contributed by atoms with Crippen LogP contribution in [0, 0.1) is 0 Å². The van der Waals surface area contributed by atoms with E-state index in [4.69, 9.17) is 4.74 Å². The predicted octanol–water partition coefficient (Wildman–Crippen LogP) is 6.60. The van der Waals surface area contributed by atoms with Gasteiger partial charge in [0.15, 0.2) is 0 Å². The molecular weight excluding hydrogens is 518 g/mol. The van der Waals surface area contributed by atoms with Gasteiger partial charge in [0, 0.05) is 35.3 Å². The van der Waals surface area contributed by atoms with Gasteiger partial charge < -0.3 is 25.0 Å². The lowest BCUT2D eigenvalue weighted by molar-refractivity contribution is 0.176. The third kappa shape index (κ3) is 6.70. The number of benzene rings is 4. The van der Waals surface area contributed by atoms with Gasteiger partial charge in [-0.15, -0.1) is 0 Å². The molecule has 0 aromatic heterocycles. The van der Waals surface area contributed by atoms with Gasteiger partial charge in [0.1, 0.15) is 0 Å². The molecule has 4 aromatic rings. The quantitative estimate of drug-likeness (QED) is 0.249. The fraction of sp³-hybridized carbons (Fsp3) is 0.351. The minimum atomic E-state index is -0.406. The van der Waals surface area contributed by atoms with Crippen LogP contribution in [0.3, 0.4) is 0 Å². The molecule has 0 spiro atoms. The standard InChI is InChI=1S/C20H26N2O.C17H17NO/c1-15(2)21-13-18(23)14-22-19-9-5-3-7-16(19)11-12-17-8-4-6-10-20(17)22;1-3-7-16-13(5-1)9-10-14-6-2-4-8-17(14)18(16)11-15-12-19-15/h3-10,15,18,21,23H,11-14H2,1-2H3;1-8,15H,9-12H2. The number of aliphatic hydroxyl groups is 1. The van der Waals surface area contributed by atoms with Gasteiger partial charge in [0.25, 0.3) is 0 Å². The topological polar surface area (TPSA) is 51.3 Å². The number of para-hydroxylation sites is 4. The summed E-state index contributed by atoms with van der Waals surface area (Å²) < 4.78 is 5.44. The lowest BCUT2D eigenvalue weighted by atomic mass is 10.0. The Morgan fingerprint density at radius 1 is 0.667 bits per heavy atom. The van der Waals surface area contributed by atoms with Crippen molar-refractivity contribution in [1.82, 2.24) is 5.32 Å². The van der Waals surface area contributed by atoms with Crippen LogP contribution in [0.5, 0.6) is 0 Å². The summed E-state index contributed by atoms with van der Waals surface area (Å²) in [6.07, 6.45) is 4.33. The first-order valence-corrected chi connectivity index (χ1v) is 15.5. The SMILES string of the molecule is CC(C)NCC(O)CN1c2ccccc2CCc2ccccc21.c1ccc2c(c1)CCc1ccccc1N2CC1CO1. The van der Waals surface area contributed by atoms with Crippen LogP contribution in [0.2, 0.25) is 0 Å². The zero-order chi connectivity index (χ0) is 28.9. The number of epoxide rings is 1. The highest BCUT2D eigenvalue weighted by Crippen LogP contribution is 2.37. The molecule has 5 heteroatoms. The van der Waals surface area contributed by atoms with E-state index in [-0.39, 0.29) is 0 Å². The van der Waals surface area contributed by atoms with E-state index in [0.29, 0.717) is 25.2 Å². The number of anilines is 4. The summed E-state index contributed by atoms with van der Waals surface area (Å²) in [4.78, 5) is 4.72. The van der Waals surface area contributed by atoms with Crippen LogP contribution in [-0.4, -0.2) is 49.6 Å². The number of β-amino-alcohol motifs (C(OH)–C–C–N with tert-alkyl or cyclic N) is 1. The Bertz CT molecular complexity index is 1390. The molecule has 3 aliphatic rings. The minimum absolute atomic E-state index is 0.383. The minimum Gasteiger partial charge on any atom is -0.390 e. The molecule has 4 aromatic carbocycles. The molecule has 42 heavy (non-hydrogen) atoms. The van der Waals surface area contributed by atoms with Crippen molar-refractivity contribution in [2.75, 3.05) is 36.0 Å². The second-order valence-electron chi connectivity index (χ2n) is 11.9. The molecule has 218 valence electrons. The largest absolute Gasteiger partial charge is 0.390 e. The molecule has 2 atom stereocenters. The summed E-state index contributed by atoms with van der Waals surface area (Å²) in [6.45, 7) is 7.29. The maximum atomic E-state index is 10.5. The first-order chi connectivity index (χ1) is 20.6. The van der Waals surface area contributed by atoms with Crippen LogP contribution in [0.15, 0.2) is 97.1 Å². The van der Waals surface area contributed by atoms with E-state index in [9.17, 15) is 5.11 Å². The third-order valence-electron chi connectivity index (χ3n) is 8.40. The number of aliphatic hydroxyl groups excluding tert-OH is 1.